The molecule has 4 aliphatic rings. The summed E-state index contributed by atoms with van der Waals surface area (Å²) in [4.78, 5) is 18.4. The van der Waals surface area contributed by atoms with E-state index in [1.165, 1.54) is 96.1 Å². The van der Waals surface area contributed by atoms with Crippen molar-refractivity contribution in [3.8, 4) is 55.9 Å². The lowest BCUT2D eigenvalue weighted by Crippen LogP contribution is -2.34. The molecule has 14 rings (SSSR count). The number of hydrogen-bond donors (Lipinski definition) is 0. The molecule has 0 saturated heterocycles. The quantitative estimate of drug-likeness (QED) is 0.171. The van der Waals surface area contributed by atoms with Crippen LogP contribution in [0, 0.1) is 0 Å². The van der Waals surface area contributed by atoms with Gasteiger partial charge in [0.05, 0.1) is 16.8 Å². The Balaban J connectivity index is 1.03. The van der Waals surface area contributed by atoms with E-state index in [0.29, 0.717) is 0 Å². The molecule has 10 aromatic rings. The topological polar surface area (TPSA) is 25.8 Å². The molecular formula is C65H46N2S3. The van der Waals surface area contributed by atoms with E-state index in [0.717, 1.165) is 33.6 Å². The zero-order chi connectivity index (χ0) is 46.9. The van der Waals surface area contributed by atoms with E-state index in [1.54, 1.807) is 6.33 Å². The second kappa shape index (κ2) is 15.6. The minimum absolute atomic E-state index is 0.0837. The number of aromatic nitrogens is 2. The molecule has 2 nitrogen and oxygen atoms in total. The van der Waals surface area contributed by atoms with Crippen LogP contribution in [0.2, 0.25) is 0 Å². The van der Waals surface area contributed by atoms with Gasteiger partial charge in [-0.25, -0.2) is 9.97 Å². The summed E-state index contributed by atoms with van der Waals surface area (Å²) in [5.41, 5.74) is 21.3. The Morgan fingerprint density at radius 2 is 0.757 bits per heavy atom. The Labute approximate surface area is 422 Å². The molecule has 0 amide bonds. The largest absolute Gasteiger partial charge is 0.236 e. The lowest BCUT2D eigenvalue weighted by atomic mass is 9.64. The van der Waals surface area contributed by atoms with Crippen LogP contribution in [0.1, 0.15) is 72.2 Å². The second-order valence-corrected chi connectivity index (χ2v) is 23.1. The summed E-state index contributed by atoms with van der Waals surface area (Å²) < 4.78 is 0. The van der Waals surface area contributed by atoms with Crippen LogP contribution in [0.4, 0.5) is 0 Å². The molecule has 5 heteroatoms. The fourth-order valence-corrected chi connectivity index (χ4v) is 16.4. The summed E-state index contributed by atoms with van der Waals surface area (Å²) in [7, 11) is 0. The molecule has 2 aliphatic carbocycles. The van der Waals surface area contributed by atoms with Gasteiger partial charge in [0.15, 0.2) is 0 Å². The number of benzene rings is 9. The van der Waals surface area contributed by atoms with Crippen LogP contribution in [0.15, 0.2) is 236 Å². The van der Waals surface area contributed by atoms with E-state index in [1.807, 2.05) is 35.3 Å². The van der Waals surface area contributed by atoms with E-state index >= 15 is 0 Å². The van der Waals surface area contributed by atoms with Crippen molar-refractivity contribution in [2.45, 2.75) is 73.3 Å². The van der Waals surface area contributed by atoms with Crippen molar-refractivity contribution in [1.29, 1.82) is 0 Å². The van der Waals surface area contributed by atoms with E-state index in [9.17, 15) is 0 Å². The summed E-state index contributed by atoms with van der Waals surface area (Å²) in [6, 6.07) is 74.6. The highest BCUT2D eigenvalue weighted by Crippen LogP contribution is 2.64. The third-order valence-corrected chi connectivity index (χ3v) is 19.6. The summed E-state index contributed by atoms with van der Waals surface area (Å²) >= 11 is 5.71. The van der Waals surface area contributed by atoms with E-state index in [4.69, 9.17) is 9.97 Å². The zero-order valence-corrected chi connectivity index (χ0v) is 41.7. The monoisotopic (exact) mass is 950 g/mol. The van der Waals surface area contributed by atoms with Gasteiger partial charge in [-0.3, -0.25) is 0 Å². The molecule has 0 atom stereocenters. The Kier molecular flexibility index (Phi) is 9.34. The van der Waals surface area contributed by atoms with Gasteiger partial charge >= 0.3 is 0 Å². The molecular weight excluding hydrogens is 905 g/mol. The number of fused-ring (bicyclic) bond motifs is 12. The molecule has 2 aliphatic heterocycles. The number of hydrogen-bond acceptors (Lipinski definition) is 5. The first-order valence-corrected chi connectivity index (χ1v) is 26.6. The highest BCUT2D eigenvalue weighted by molar-refractivity contribution is 8.05. The molecule has 9 aromatic carbocycles. The van der Waals surface area contributed by atoms with Crippen molar-refractivity contribution < 1.29 is 0 Å². The van der Waals surface area contributed by atoms with Gasteiger partial charge in [-0.1, -0.05) is 251 Å². The van der Waals surface area contributed by atoms with E-state index < -0.39 is 5.41 Å². The fraction of sp³-hybridized carbons (Fsp3) is 0.108. The van der Waals surface area contributed by atoms with Crippen LogP contribution >= 0.6 is 35.3 Å². The Hall–Kier alpha value is -6.89. The van der Waals surface area contributed by atoms with Crippen molar-refractivity contribution in [2.75, 3.05) is 0 Å². The van der Waals surface area contributed by atoms with Crippen molar-refractivity contribution in [1.82, 2.24) is 9.97 Å². The van der Waals surface area contributed by atoms with Gasteiger partial charge in [0, 0.05) is 68.0 Å². The smallest absolute Gasteiger partial charge is 0.116 e. The maximum atomic E-state index is 5.40. The molecule has 0 radical (unpaired) electrons. The van der Waals surface area contributed by atoms with Crippen LogP contribution < -0.4 is 0 Å². The van der Waals surface area contributed by atoms with Crippen LogP contribution in [0.5, 0.6) is 0 Å². The molecule has 0 fully saturated rings. The molecule has 3 heterocycles. The first kappa shape index (κ1) is 42.0. The summed E-state index contributed by atoms with van der Waals surface area (Å²) in [6.45, 7) is 9.51. The predicted molar refractivity (Wildman–Crippen MR) is 291 cm³/mol. The molecule has 0 saturated carbocycles. The second-order valence-electron chi connectivity index (χ2n) is 19.9. The Morgan fingerprint density at radius 3 is 1.39 bits per heavy atom. The van der Waals surface area contributed by atoms with Crippen molar-refractivity contribution in [3.63, 3.8) is 0 Å². The third-order valence-electron chi connectivity index (χ3n) is 15.6. The third kappa shape index (κ3) is 5.80. The molecule has 1 aromatic heterocycles. The molecule has 0 unspecified atom stereocenters. The fourth-order valence-electron chi connectivity index (χ4n) is 12.4. The van der Waals surface area contributed by atoms with Crippen LogP contribution in [0.3, 0.4) is 0 Å². The maximum absolute atomic E-state index is 5.40. The molecule has 70 heavy (non-hydrogen) atoms. The van der Waals surface area contributed by atoms with E-state index in [-0.39, 0.29) is 10.8 Å². The maximum Gasteiger partial charge on any atom is 0.116 e. The van der Waals surface area contributed by atoms with Gasteiger partial charge in [0.1, 0.15) is 6.33 Å². The van der Waals surface area contributed by atoms with Gasteiger partial charge in [-0.05, 0) is 73.3 Å². The van der Waals surface area contributed by atoms with Crippen LogP contribution in [-0.4, -0.2) is 9.97 Å². The lowest BCUT2D eigenvalue weighted by molar-refractivity contribution is 0.655. The first-order valence-electron chi connectivity index (χ1n) is 24.1. The number of rotatable bonds is 5. The summed E-state index contributed by atoms with van der Waals surface area (Å²) in [5, 5.41) is 0. The average molecular weight is 951 g/mol. The summed E-state index contributed by atoms with van der Waals surface area (Å²) in [5.74, 6) is 0. The van der Waals surface area contributed by atoms with Gasteiger partial charge < -0.3 is 0 Å². The van der Waals surface area contributed by atoms with Crippen molar-refractivity contribution in [3.05, 3.63) is 251 Å². The SMILES string of the molecule is CC1(C)c2ccccc2-c2c1ccc1c2Sc2c(cccc2-c2ncnc(-c3cccc4c3Sc3c(ccc5c3-c3ccccc3C5(C)C)C4(c3ccccc3)c3ccccc3)c2-c2ccccc2)S1. The Bertz CT molecular complexity index is 3760. The highest BCUT2D eigenvalue weighted by atomic mass is 32.2. The molecule has 0 bridgehead atoms. The zero-order valence-electron chi connectivity index (χ0n) is 39.2. The molecule has 0 N–H and O–H groups in total. The van der Waals surface area contributed by atoms with Crippen LogP contribution in [0.25, 0.3) is 55.9 Å². The van der Waals surface area contributed by atoms with Gasteiger partial charge in [-0.2, -0.15) is 0 Å². The lowest BCUT2D eigenvalue weighted by Gasteiger charge is -2.43. The average Bonchev–Trinajstić information content (AvgIpc) is 3.79. The van der Waals surface area contributed by atoms with Crippen molar-refractivity contribution >= 4 is 35.3 Å². The standard InChI is InChI=1S/C65H46N2S3/c1-63(2)46-30-16-14-26-42(46)55-48(63)34-35-51-61(55)69-59-44(28-18-32-50(59)65(51,40-22-10-6-11-23-40)41-24-12-7-13-25-41)57-54(39-20-8-5-9-21-39)58(67-38-66-57)45-29-19-33-52-60(45)70-62-53(68-52)37-36-49-56(62)43-27-15-17-31-47(43)64(49,3)4/h5-38H,1-4H3. The highest BCUT2D eigenvalue weighted by Gasteiger charge is 2.49. The normalized spacial score (nSPS) is 15.6. The van der Waals surface area contributed by atoms with Gasteiger partial charge in [0.25, 0.3) is 0 Å². The Morgan fingerprint density at radius 1 is 0.314 bits per heavy atom. The van der Waals surface area contributed by atoms with Gasteiger partial charge in [0.2, 0.25) is 0 Å². The minimum Gasteiger partial charge on any atom is -0.236 e. The number of nitrogens with zero attached hydrogens (tertiary/aromatic N) is 2. The molecule has 0 spiro atoms. The van der Waals surface area contributed by atoms with Crippen LogP contribution in [-0.2, 0) is 16.2 Å². The molecule has 334 valence electrons. The predicted octanol–water partition coefficient (Wildman–Crippen LogP) is 17.6. The summed E-state index contributed by atoms with van der Waals surface area (Å²) in [6.07, 6.45) is 1.81. The first-order chi connectivity index (χ1) is 34.3. The van der Waals surface area contributed by atoms with E-state index in [2.05, 4.69) is 228 Å². The van der Waals surface area contributed by atoms with Crippen molar-refractivity contribution in [2.24, 2.45) is 0 Å². The minimum atomic E-state index is -0.638. The van der Waals surface area contributed by atoms with Gasteiger partial charge in [-0.15, -0.1) is 0 Å².